The van der Waals surface area contributed by atoms with Gasteiger partial charge in [0.15, 0.2) is 0 Å². The molecule has 1 saturated heterocycles. The fourth-order valence-corrected chi connectivity index (χ4v) is 2.90. The minimum atomic E-state index is -0.944. The lowest BCUT2D eigenvalue weighted by Crippen LogP contribution is -2.48. The first-order valence-electron chi connectivity index (χ1n) is 6.35. The van der Waals surface area contributed by atoms with Gasteiger partial charge in [-0.2, -0.15) is 0 Å². The molecule has 6 nitrogen and oxygen atoms in total. The lowest BCUT2D eigenvalue weighted by molar-refractivity contribution is -0.142. The summed E-state index contributed by atoms with van der Waals surface area (Å²) in [5.41, 5.74) is 0. The van der Waals surface area contributed by atoms with Crippen molar-refractivity contribution < 1.29 is 19.5 Å². The van der Waals surface area contributed by atoms with Crippen LogP contribution in [-0.4, -0.2) is 52.0 Å². The molecule has 0 aromatic heterocycles. The predicted octanol–water partition coefficient (Wildman–Crippen LogP) is 0.525. The zero-order valence-corrected chi connectivity index (χ0v) is 12.0. The maximum Gasteiger partial charge on any atom is 0.308 e. The highest BCUT2D eigenvalue weighted by Crippen LogP contribution is 2.22. The zero-order valence-electron chi connectivity index (χ0n) is 11.2. The van der Waals surface area contributed by atoms with Crippen LogP contribution in [0.2, 0.25) is 0 Å². The number of hydrogen-bond donors (Lipinski definition) is 2. The van der Waals surface area contributed by atoms with Gasteiger partial charge in [0.2, 0.25) is 11.8 Å². The standard InChI is InChI=1S/C12H20N2O4S/c1-3-4-10(15)14-7-19-6-9(14)11(16)13-5-8(2)12(17)18/h8-9H,3-7H2,1-2H3,(H,13,16)(H,17,18). The van der Waals surface area contributed by atoms with Crippen molar-refractivity contribution in [2.24, 2.45) is 5.92 Å². The second-order valence-corrected chi connectivity index (χ2v) is 5.61. The molecule has 1 aliphatic rings. The first-order chi connectivity index (χ1) is 8.97. The molecule has 0 spiro atoms. The van der Waals surface area contributed by atoms with Gasteiger partial charge >= 0.3 is 5.97 Å². The number of aliphatic carboxylic acids is 1. The van der Waals surface area contributed by atoms with E-state index in [0.29, 0.717) is 18.1 Å². The quantitative estimate of drug-likeness (QED) is 0.744. The zero-order chi connectivity index (χ0) is 14.4. The molecule has 2 N–H and O–H groups in total. The molecule has 0 bridgehead atoms. The molecule has 2 amide bonds. The average Bonchev–Trinajstić information content (AvgIpc) is 2.84. The van der Waals surface area contributed by atoms with Crippen LogP contribution < -0.4 is 5.32 Å². The smallest absolute Gasteiger partial charge is 0.308 e. The molecule has 0 aromatic rings. The van der Waals surface area contributed by atoms with E-state index in [1.54, 1.807) is 16.7 Å². The third-order valence-electron chi connectivity index (χ3n) is 2.97. The van der Waals surface area contributed by atoms with Crippen LogP contribution in [0.5, 0.6) is 0 Å². The molecule has 19 heavy (non-hydrogen) atoms. The second kappa shape index (κ2) is 7.37. The molecule has 1 fully saturated rings. The number of carbonyl (C=O) groups excluding carboxylic acids is 2. The molecule has 1 rings (SSSR count). The van der Waals surface area contributed by atoms with Gasteiger partial charge in [0.1, 0.15) is 6.04 Å². The number of rotatable bonds is 6. The third kappa shape index (κ3) is 4.41. The van der Waals surface area contributed by atoms with Crippen LogP contribution >= 0.6 is 11.8 Å². The first-order valence-corrected chi connectivity index (χ1v) is 7.50. The molecule has 0 aromatic carbocycles. The number of thioether (sulfide) groups is 1. The summed E-state index contributed by atoms with van der Waals surface area (Å²) < 4.78 is 0. The van der Waals surface area contributed by atoms with Crippen LogP contribution in [0, 0.1) is 5.92 Å². The van der Waals surface area contributed by atoms with Crippen molar-refractivity contribution in [2.45, 2.75) is 32.7 Å². The van der Waals surface area contributed by atoms with Crippen molar-refractivity contribution in [1.82, 2.24) is 10.2 Å². The van der Waals surface area contributed by atoms with E-state index < -0.39 is 17.9 Å². The molecule has 2 unspecified atom stereocenters. The lowest BCUT2D eigenvalue weighted by atomic mass is 10.1. The van der Waals surface area contributed by atoms with E-state index in [9.17, 15) is 14.4 Å². The Morgan fingerprint density at radius 3 is 2.74 bits per heavy atom. The Morgan fingerprint density at radius 1 is 1.47 bits per heavy atom. The highest BCUT2D eigenvalue weighted by atomic mass is 32.2. The molecule has 0 aliphatic carbocycles. The van der Waals surface area contributed by atoms with Gasteiger partial charge in [0.05, 0.1) is 11.8 Å². The Morgan fingerprint density at radius 2 is 2.16 bits per heavy atom. The second-order valence-electron chi connectivity index (χ2n) is 4.61. The number of carboxylic acids is 1. The Labute approximate surface area is 116 Å². The largest absolute Gasteiger partial charge is 0.481 e. The van der Waals surface area contributed by atoms with Crippen LogP contribution in [-0.2, 0) is 14.4 Å². The van der Waals surface area contributed by atoms with Gasteiger partial charge in [-0.1, -0.05) is 13.8 Å². The SMILES string of the molecule is CCCC(=O)N1CSCC1C(=O)NCC(C)C(=O)O. The van der Waals surface area contributed by atoms with Crippen molar-refractivity contribution in [1.29, 1.82) is 0 Å². The van der Waals surface area contributed by atoms with Crippen molar-refractivity contribution >= 4 is 29.5 Å². The van der Waals surface area contributed by atoms with Gasteiger partial charge in [0, 0.05) is 18.7 Å². The van der Waals surface area contributed by atoms with Gasteiger partial charge in [-0.15, -0.1) is 11.8 Å². The Bertz CT molecular complexity index is 362. The Balaban J connectivity index is 2.51. The molecule has 7 heteroatoms. The van der Waals surface area contributed by atoms with Crippen molar-refractivity contribution in [3.63, 3.8) is 0 Å². The van der Waals surface area contributed by atoms with Crippen LogP contribution in [0.4, 0.5) is 0 Å². The molecule has 0 saturated carbocycles. The third-order valence-corrected chi connectivity index (χ3v) is 3.99. The minimum absolute atomic E-state index is 0.0149. The molecular weight excluding hydrogens is 268 g/mol. The first kappa shape index (κ1) is 15.8. The van der Waals surface area contributed by atoms with Crippen molar-refractivity contribution in [2.75, 3.05) is 18.2 Å². The summed E-state index contributed by atoms with van der Waals surface area (Å²) in [4.78, 5) is 36.1. The molecule has 1 heterocycles. The molecular formula is C12H20N2O4S. The maximum absolute atomic E-state index is 12.0. The highest BCUT2D eigenvalue weighted by molar-refractivity contribution is 7.99. The minimum Gasteiger partial charge on any atom is -0.481 e. The molecule has 2 atom stereocenters. The van der Waals surface area contributed by atoms with E-state index in [2.05, 4.69) is 5.32 Å². The summed E-state index contributed by atoms with van der Waals surface area (Å²) in [6.07, 6.45) is 1.19. The number of hydrogen-bond acceptors (Lipinski definition) is 4. The lowest BCUT2D eigenvalue weighted by Gasteiger charge is -2.23. The normalized spacial score (nSPS) is 20.1. The highest BCUT2D eigenvalue weighted by Gasteiger charge is 2.34. The number of carbonyl (C=O) groups is 3. The van der Waals surface area contributed by atoms with E-state index in [4.69, 9.17) is 5.11 Å². The van der Waals surface area contributed by atoms with E-state index in [1.165, 1.54) is 6.92 Å². The summed E-state index contributed by atoms with van der Waals surface area (Å²) in [6.45, 7) is 3.54. The van der Waals surface area contributed by atoms with E-state index in [1.807, 2.05) is 6.92 Å². The van der Waals surface area contributed by atoms with Crippen LogP contribution in [0.15, 0.2) is 0 Å². The topological polar surface area (TPSA) is 86.7 Å². The fourth-order valence-electron chi connectivity index (χ4n) is 1.72. The number of carboxylic acid groups (broad SMARTS) is 1. The summed E-state index contributed by atoms with van der Waals surface area (Å²) in [5, 5.41) is 11.4. The summed E-state index contributed by atoms with van der Waals surface area (Å²) in [5.74, 6) is -0.743. The number of amides is 2. The van der Waals surface area contributed by atoms with Gasteiger partial charge in [-0.3, -0.25) is 14.4 Å². The van der Waals surface area contributed by atoms with Gasteiger partial charge in [0.25, 0.3) is 0 Å². The molecule has 1 aliphatic heterocycles. The Hall–Kier alpha value is -1.24. The van der Waals surface area contributed by atoms with E-state index in [0.717, 1.165) is 6.42 Å². The summed E-state index contributed by atoms with van der Waals surface area (Å²) in [7, 11) is 0. The summed E-state index contributed by atoms with van der Waals surface area (Å²) in [6, 6.07) is -0.468. The van der Waals surface area contributed by atoms with Crippen molar-refractivity contribution in [3.8, 4) is 0 Å². The van der Waals surface area contributed by atoms with Crippen LogP contribution in [0.1, 0.15) is 26.7 Å². The molecule has 0 radical (unpaired) electrons. The van der Waals surface area contributed by atoms with E-state index in [-0.39, 0.29) is 18.4 Å². The van der Waals surface area contributed by atoms with Crippen molar-refractivity contribution in [3.05, 3.63) is 0 Å². The molecule has 108 valence electrons. The van der Waals surface area contributed by atoms with Gasteiger partial charge in [-0.25, -0.2) is 0 Å². The number of nitrogens with zero attached hydrogens (tertiary/aromatic N) is 1. The average molecular weight is 288 g/mol. The summed E-state index contributed by atoms with van der Waals surface area (Å²) >= 11 is 1.54. The van der Waals surface area contributed by atoms with Crippen LogP contribution in [0.3, 0.4) is 0 Å². The Kier molecular flexibility index (Phi) is 6.14. The monoisotopic (exact) mass is 288 g/mol. The predicted molar refractivity (Wildman–Crippen MR) is 72.7 cm³/mol. The van der Waals surface area contributed by atoms with Gasteiger partial charge in [-0.05, 0) is 6.42 Å². The number of nitrogens with one attached hydrogen (secondary N) is 1. The maximum atomic E-state index is 12.0. The van der Waals surface area contributed by atoms with Gasteiger partial charge < -0.3 is 15.3 Å². The van der Waals surface area contributed by atoms with Crippen LogP contribution in [0.25, 0.3) is 0 Å². The fraction of sp³-hybridized carbons (Fsp3) is 0.750. The van der Waals surface area contributed by atoms with E-state index >= 15 is 0 Å².